The Labute approximate surface area is 146 Å². The van der Waals surface area contributed by atoms with Gasteiger partial charge in [0.1, 0.15) is 0 Å². The molecule has 0 atom stereocenters. The Balaban J connectivity index is 1.74. The van der Waals surface area contributed by atoms with Crippen LogP contribution in [0.4, 0.5) is 4.79 Å². The summed E-state index contributed by atoms with van der Waals surface area (Å²) in [6.45, 7) is 2.71. The molecule has 1 aromatic carbocycles. The molecule has 1 saturated carbocycles. The number of imide groups is 1. The number of thioether (sulfide) groups is 1. The molecule has 1 aliphatic carbocycles. The van der Waals surface area contributed by atoms with Gasteiger partial charge < -0.3 is 5.11 Å². The van der Waals surface area contributed by atoms with Crippen LogP contribution in [0.15, 0.2) is 29.2 Å². The van der Waals surface area contributed by atoms with E-state index in [1.807, 2.05) is 24.3 Å². The summed E-state index contributed by atoms with van der Waals surface area (Å²) in [5.41, 5.74) is 1.74. The van der Waals surface area contributed by atoms with Crippen LogP contribution in [0.25, 0.3) is 6.08 Å². The molecule has 1 N–H and O–H groups in total. The van der Waals surface area contributed by atoms with Gasteiger partial charge in [-0.25, -0.2) is 0 Å². The molecule has 24 heavy (non-hydrogen) atoms. The molecule has 5 heteroatoms. The topological polar surface area (TPSA) is 57.6 Å². The van der Waals surface area contributed by atoms with E-state index >= 15 is 0 Å². The Morgan fingerprint density at radius 3 is 2.46 bits per heavy atom. The van der Waals surface area contributed by atoms with Gasteiger partial charge in [0.15, 0.2) is 0 Å². The summed E-state index contributed by atoms with van der Waals surface area (Å²) in [5, 5.41) is 8.92. The van der Waals surface area contributed by atoms with Gasteiger partial charge in [0.2, 0.25) is 0 Å². The lowest BCUT2D eigenvalue weighted by atomic mass is 9.75. The molecule has 1 aromatic rings. The first-order chi connectivity index (χ1) is 11.5. The van der Waals surface area contributed by atoms with E-state index in [4.69, 9.17) is 5.11 Å². The minimum atomic E-state index is -0.178. The summed E-state index contributed by atoms with van der Waals surface area (Å²) in [4.78, 5) is 26.8. The molecule has 4 nitrogen and oxygen atoms in total. The van der Waals surface area contributed by atoms with E-state index < -0.39 is 0 Å². The number of amides is 2. The van der Waals surface area contributed by atoms with Crippen molar-refractivity contribution in [3.8, 4) is 0 Å². The first kappa shape index (κ1) is 17.2. The fourth-order valence-electron chi connectivity index (χ4n) is 3.45. The fraction of sp³-hybridized carbons (Fsp3) is 0.474. The number of hydrogen-bond donors (Lipinski definition) is 1. The first-order valence-electron chi connectivity index (χ1n) is 8.46. The Morgan fingerprint density at radius 2 is 1.83 bits per heavy atom. The summed E-state index contributed by atoms with van der Waals surface area (Å²) < 4.78 is 0. The Morgan fingerprint density at radius 1 is 1.17 bits per heavy atom. The van der Waals surface area contributed by atoms with Crippen LogP contribution in [-0.2, 0) is 11.4 Å². The normalized spacial score (nSPS) is 22.4. The van der Waals surface area contributed by atoms with Crippen molar-refractivity contribution < 1.29 is 14.7 Å². The van der Waals surface area contributed by atoms with Crippen LogP contribution >= 0.6 is 11.8 Å². The van der Waals surface area contributed by atoms with Crippen LogP contribution < -0.4 is 0 Å². The second-order valence-electron chi connectivity index (χ2n) is 7.04. The standard InChI is InChI=1S/C19H23NO3S/c1-19(9-3-2-4-10-19)13-20-17(22)16(24-18(20)23)11-14-5-7-15(12-21)8-6-14/h5-8,11,21H,2-4,9-10,12-13H2,1H3/b16-11-. The highest BCUT2D eigenvalue weighted by atomic mass is 32.2. The number of benzene rings is 1. The Hall–Kier alpha value is -1.59. The molecule has 3 rings (SSSR count). The molecular formula is C19H23NO3S. The Kier molecular flexibility index (Phi) is 5.11. The summed E-state index contributed by atoms with van der Waals surface area (Å²) in [6.07, 6.45) is 7.53. The molecule has 0 bridgehead atoms. The molecule has 1 aliphatic heterocycles. The van der Waals surface area contributed by atoms with E-state index in [0.29, 0.717) is 11.4 Å². The van der Waals surface area contributed by atoms with E-state index in [1.165, 1.54) is 24.2 Å². The number of rotatable bonds is 4. The number of nitrogens with zero attached hydrogens (tertiary/aromatic N) is 1. The summed E-state index contributed by atoms with van der Waals surface area (Å²) in [5.74, 6) is -0.178. The van der Waals surface area contributed by atoms with Crippen molar-refractivity contribution in [2.75, 3.05) is 6.54 Å². The average Bonchev–Trinajstić information content (AvgIpc) is 2.83. The van der Waals surface area contributed by atoms with E-state index in [1.54, 1.807) is 6.08 Å². The molecule has 0 unspecified atom stereocenters. The van der Waals surface area contributed by atoms with Crippen molar-refractivity contribution in [1.82, 2.24) is 4.90 Å². The highest BCUT2D eigenvalue weighted by Gasteiger charge is 2.40. The highest BCUT2D eigenvalue weighted by molar-refractivity contribution is 8.18. The van der Waals surface area contributed by atoms with Crippen molar-refractivity contribution in [2.45, 2.75) is 45.6 Å². The molecule has 0 aromatic heterocycles. The predicted molar refractivity (Wildman–Crippen MR) is 96.2 cm³/mol. The minimum Gasteiger partial charge on any atom is -0.392 e. The molecule has 0 spiro atoms. The van der Waals surface area contributed by atoms with Gasteiger partial charge in [-0.05, 0) is 47.2 Å². The van der Waals surface area contributed by atoms with Gasteiger partial charge in [0, 0.05) is 6.54 Å². The SMILES string of the molecule is CC1(CN2C(=O)S/C(=C\c3ccc(CO)cc3)C2=O)CCCCC1. The van der Waals surface area contributed by atoms with Gasteiger partial charge in [-0.2, -0.15) is 0 Å². The Bertz CT molecular complexity index is 660. The lowest BCUT2D eigenvalue weighted by Gasteiger charge is -2.35. The monoisotopic (exact) mass is 345 g/mol. The van der Waals surface area contributed by atoms with Crippen molar-refractivity contribution >= 4 is 29.0 Å². The lowest BCUT2D eigenvalue weighted by Crippen LogP contribution is -2.39. The van der Waals surface area contributed by atoms with Crippen LogP contribution in [0.3, 0.4) is 0 Å². The van der Waals surface area contributed by atoms with Crippen LogP contribution in [0.1, 0.15) is 50.2 Å². The molecule has 2 amide bonds. The second-order valence-corrected chi connectivity index (χ2v) is 8.03. The van der Waals surface area contributed by atoms with E-state index in [2.05, 4.69) is 6.92 Å². The van der Waals surface area contributed by atoms with E-state index in [-0.39, 0.29) is 23.2 Å². The van der Waals surface area contributed by atoms with Crippen LogP contribution in [0.2, 0.25) is 0 Å². The number of aliphatic hydroxyl groups is 1. The largest absolute Gasteiger partial charge is 0.392 e. The third kappa shape index (κ3) is 3.73. The smallest absolute Gasteiger partial charge is 0.293 e. The predicted octanol–water partition coefficient (Wildman–Crippen LogP) is 4.19. The third-order valence-electron chi connectivity index (χ3n) is 4.93. The van der Waals surface area contributed by atoms with Crippen LogP contribution in [0, 0.1) is 5.41 Å². The van der Waals surface area contributed by atoms with Crippen LogP contribution in [-0.4, -0.2) is 27.7 Å². The van der Waals surface area contributed by atoms with Gasteiger partial charge >= 0.3 is 0 Å². The van der Waals surface area contributed by atoms with E-state index in [9.17, 15) is 9.59 Å². The maximum absolute atomic E-state index is 12.6. The lowest BCUT2D eigenvalue weighted by molar-refractivity contribution is -0.124. The molecule has 0 radical (unpaired) electrons. The number of aliphatic hydroxyl groups excluding tert-OH is 1. The zero-order valence-electron chi connectivity index (χ0n) is 14.0. The fourth-order valence-corrected chi connectivity index (χ4v) is 4.29. The second kappa shape index (κ2) is 7.11. The average molecular weight is 345 g/mol. The molecule has 2 aliphatic rings. The van der Waals surface area contributed by atoms with Crippen LogP contribution in [0.5, 0.6) is 0 Å². The van der Waals surface area contributed by atoms with Crippen molar-refractivity contribution in [3.63, 3.8) is 0 Å². The number of carbonyl (C=O) groups is 2. The first-order valence-corrected chi connectivity index (χ1v) is 9.28. The quantitative estimate of drug-likeness (QED) is 0.832. The maximum atomic E-state index is 12.6. The van der Waals surface area contributed by atoms with Gasteiger partial charge in [0.25, 0.3) is 11.1 Å². The molecule has 2 fully saturated rings. The molecular weight excluding hydrogens is 322 g/mol. The zero-order valence-corrected chi connectivity index (χ0v) is 14.8. The molecule has 1 saturated heterocycles. The van der Waals surface area contributed by atoms with Crippen molar-refractivity contribution in [3.05, 3.63) is 40.3 Å². The zero-order chi connectivity index (χ0) is 17.2. The maximum Gasteiger partial charge on any atom is 0.293 e. The van der Waals surface area contributed by atoms with Gasteiger partial charge in [0.05, 0.1) is 11.5 Å². The van der Waals surface area contributed by atoms with E-state index in [0.717, 1.165) is 35.7 Å². The van der Waals surface area contributed by atoms with Gasteiger partial charge in [-0.15, -0.1) is 0 Å². The summed E-state index contributed by atoms with van der Waals surface area (Å²) in [7, 11) is 0. The molecule has 1 heterocycles. The van der Waals surface area contributed by atoms with Gasteiger partial charge in [-0.3, -0.25) is 14.5 Å². The highest BCUT2D eigenvalue weighted by Crippen LogP contribution is 2.40. The third-order valence-corrected chi connectivity index (χ3v) is 5.84. The van der Waals surface area contributed by atoms with Crippen molar-refractivity contribution in [1.29, 1.82) is 0 Å². The number of hydrogen-bond acceptors (Lipinski definition) is 4. The summed E-state index contributed by atoms with van der Waals surface area (Å²) in [6, 6.07) is 7.34. The van der Waals surface area contributed by atoms with Crippen molar-refractivity contribution in [2.24, 2.45) is 5.41 Å². The minimum absolute atomic E-state index is 0.00458. The summed E-state index contributed by atoms with van der Waals surface area (Å²) >= 11 is 1.02. The molecule has 128 valence electrons. The van der Waals surface area contributed by atoms with Gasteiger partial charge in [-0.1, -0.05) is 50.5 Å². The number of carbonyl (C=O) groups excluding carboxylic acids is 2.